The van der Waals surface area contributed by atoms with E-state index in [2.05, 4.69) is 25.8 Å². The van der Waals surface area contributed by atoms with Crippen LogP contribution in [0.5, 0.6) is 0 Å². The molecule has 160 valence electrons. The molecule has 2 heterocycles. The van der Waals surface area contributed by atoms with Gasteiger partial charge in [0.15, 0.2) is 0 Å². The average Bonchev–Trinajstić information content (AvgIpc) is 3.28. The van der Waals surface area contributed by atoms with Crippen LogP contribution in [-0.4, -0.2) is 52.2 Å². The summed E-state index contributed by atoms with van der Waals surface area (Å²) in [4.78, 5) is 29.5. The molecule has 11 heteroatoms. The Morgan fingerprint density at radius 3 is 2.55 bits per heavy atom. The first-order chi connectivity index (χ1) is 14.9. The Balaban J connectivity index is 1.81. The van der Waals surface area contributed by atoms with Gasteiger partial charge in [-0.15, -0.1) is 11.3 Å². The van der Waals surface area contributed by atoms with Crippen molar-refractivity contribution in [2.75, 3.05) is 31.1 Å². The summed E-state index contributed by atoms with van der Waals surface area (Å²) in [7, 11) is 0. The second-order valence-corrected chi connectivity index (χ2v) is 8.59. The second-order valence-electron chi connectivity index (χ2n) is 6.84. The molecule has 0 saturated carbocycles. The zero-order valence-corrected chi connectivity index (χ0v) is 18.4. The summed E-state index contributed by atoms with van der Waals surface area (Å²) in [5.41, 5.74) is 1.58. The number of halogens is 2. The maximum atomic E-state index is 14.9. The number of thiazole rings is 1. The zero-order valence-electron chi connectivity index (χ0n) is 16.0. The molecule has 8 nitrogen and oxygen atoms in total. The van der Waals surface area contributed by atoms with Crippen molar-refractivity contribution in [3.63, 3.8) is 0 Å². The highest BCUT2D eigenvalue weighted by atomic mass is 79.9. The number of hydrogen-bond donors (Lipinski definition) is 1. The van der Waals surface area contributed by atoms with Crippen LogP contribution in [0.1, 0.15) is 0 Å². The van der Waals surface area contributed by atoms with Gasteiger partial charge < -0.3 is 14.9 Å². The van der Waals surface area contributed by atoms with Crippen molar-refractivity contribution in [3.05, 3.63) is 62.3 Å². The number of nitrogens with zero attached hydrogens (tertiary/aromatic N) is 4. The summed E-state index contributed by atoms with van der Waals surface area (Å²) in [5, 5.41) is 22.9. The van der Waals surface area contributed by atoms with E-state index in [1.165, 1.54) is 28.4 Å². The van der Waals surface area contributed by atoms with E-state index in [9.17, 15) is 24.4 Å². The van der Waals surface area contributed by atoms with Crippen LogP contribution < -0.4 is 4.90 Å². The molecule has 0 aliphatic carbocycles. The predicted octanol–water partition coefficient (Wildman–Crippen LogP) is 5.09. The molecule has 1 N–H and O–H groups in total. The number of carbonyl (C=O) groups is 1. The fourth-order valence-corrected chi connectivity index (χ4v) is 4.77. The van der Waals surface area contributed by atoms with Gasteiger partial charge in [-0.1, -0.05) is 28.1 Å². The molecule has 0 spiro atoms. The fourth-order valence-electron chi connectivity index (χ4n) is 3.57. The van der Waals surface area contributed by atoms with Gasteiger partial charge in [-0.05, 0) is 17.7 Å². The monoisotopic (exact) mass is 506 g/mol. The van der Waals surface area contributed by atoms with Crippen LogP contribution in [0.4, 0.5) is 20.6 Å². The van der Waals surface area contributed by atoms with Gasteiger partial charge in [0.1, 0.15) is 5.01 Å². The van der Waals surface area contributed by atoms with Gasteiger partial charge in [-0.2, -0.15) is 4.39 Å². The number of carboxylic acid groups (broad SMARTS) is 1. The third kappa shape index (κ3) is 4.10. The maximum Gasteiger partial charge on any atom is 0.407 e. The second kappa shape index (κ2) is 8.60. The molecule has 0 radical (unpaired) electrons. The molecular weight excluding hydrogens is 491 g/mol. The molecule has 31 heavy (non-hydrogen) atoms. The Bertz CT molecular complexity index is 1150. The Morgan fingerprint density at radius 1 is 1.19 bits per heavy atom. The molecule has 1 fully saturated rings. The van der Waals surface area contributed by atoms with E-state index in [0.717, 1.165) is 22.3 Å². The Hall–Kier alpha value is -3.05. The van der Waals surface area contributed by atoms with Gasteiger partial charge in [0.25, 0.3) is 0 Å². The predicted molar refractivity (Wildman–Crippen MR) is 119 cm³/mol. The molecule has 1 amide bonds. The highest BCUT2D eigenvalue weighted by Crippen LogP contribution is 2.42. The molecule has 1 aromatic heterocycles. The summed E-state index contributed by atoms with van der Waals surface area (Å²) < 4.78 is 15.5. The molecule has 4 rings (SSSR count). The van der Waals surface area contributed by atoms with Gasteiger partial charge in [-0.25, -0.2) is 9.78 Å². The summed E-state index contributed by atoms with van der Waals surface area (Å²) in [5.74, 6) is -0.902. The van der Waals surface area contributed by atoms with E-state index in [-0.39, 0.29) is 5.56 Å². The van der Waals surface area contributed by atoms with Crippen molar-refractivity contribution < 1.29 is 19.2 Å². The molecule has 1 saturated heterocycles. The lowest BCUT2D eigenvalue weighted by Crippen LogP contribution is -2.48. The van der Waals surface area contributed by atoms with Crippen LogP contribution in [0.2, 0.25) is 0 Å². The third-order valence-electron chi connectivity index (χ3n) is 5.10. The standard InChI is InChI=1S/C20H16BrFN4O4S/c21-15-11-17(24-5-7-25(8-6-24)20(27)28)14(19-23-4-9-31-19)10-13(15)12-2-1-3-16(18(12)22)26(29)30/h1-4,9-11H,5-8H2,(H,27,28). The summed E-state index contributed by atoms with van der Waals surface area (Å²) in [6, 6.07) is 7.68. The zero-order chi connectivity index (χ0) is 22.1. The minimum absolute atomic E-state index is 0.112. The van der Waals surface area contributed by atoms with Crippen LogP contribution in [0.25, 0.3) is 21.7 Å². The van der Waals surface area contributed by atoms with Gasteiger partial charge in [0.2, 0.25) is 5.82 Å². The van der Waals surface area contributed by atoms with Crippen LogP contribution in [0, 0.1) is 15.9 Å². The SMILES string of the molecule is O=C(O)N1CCN(c2cc(Br)c(-c3cccc([N+](=O)[O-])c3F)cc2-c2nccs2)CC1. The van der Waals surface area contributed by atoms with Gasteiger partial charge >= 0.3 is 11.8 Å². The molecule has 0 atom stereocenters. The largest absolute Gasteiger partial charge is 0.465 e. The first-order valence-corrected chi connectivity index (χ1v) is 10.9. The van der Waals surface area contributed by atoms with Gasteiger partial charge in [0, 0.05) is 65.1 Å². The number of rotatable bonds is 4. The van der Waals surface area contributed by atoms with E-state index in [4.69, 9.17) is 0 Å². The average molecular weight is 507 g/mol. The normalized spacial score (nSPS) is 14.0. The number of amides is 1. The topological polar surface area (TPSA) is 99.8 Å². The van der Waals surface area contributed by atoms with Crippen molar-refractivity contribution in [2.45, 2.75) is 0 Å². The van der Waals surface area contributed by atoms with Gasteiger partial charge in [-0.3, -0.25) is 10.1 Å². The number of piperazine rings is 1. The highest BCUT2D eigenvalue weighted by molar-refractivity contribution is 9.10. The number of aromatic nitrogens is 1. The van der Waals surface area contributed by atoms with Crippen LogP contribution in [0.3, 0.4) is 0 Å². The summed E-state index contributed by atoms with van der Waals surface area (Å²) in [6.07, 6.45) is 0.722. The van der Waals surface area contributed by atoms with Crippen molar-refractivity contribution in [1.82, 2.24) is 9.88 Å². The molecule has 0 unspecified atom stereocenters. The first kappa shape index (κ1) is 21.2. The van der Waals surface area contributed by atoms with Crippen LogP contribution in [0.15, 0.2) is 46.4 Å². The molecule has 2 aromatic carbocycles. The number of nitro groups is 1. The van der Waals surface area contributed by atoms with E-state index >= 15 is 0 Å². The van der Waals surface area contributed by atoms with E-state index in [0.29, 0.717) is 36.2 Å². The Kier molecular flexibility index (Phi) is 5.88. The number of benzene rings is 2. The van der Waals surface area contributed by atoms with E-state index in [1.807, 2.05) is 11.4 Å². The van der Waals surface area contributed by atoms with Crippen LogP contribution >= 0.6 is 27.3 Å². The summed E-state index contributed by atoms with van der Waals surface area (Å²) in [6.45, 7) is 1.74. The Labute approximate surface area is 188 Å². The minimum Gasteiger partial charge on any atom is -0.465 e. The molecule has 3 aromatic rings. The quantitative estimate of drug-likeness (QED) is 0.390. The van der Waals surface area contributed by atoms with Crippen molar-refractivity contribution in [3.8, 4) is 21.7 Å². The van der Waals surface area contributed by atoms with E-state index < -0.39 is 22.5 Å². The molecule has 1 aliphatic heterocycles. The smallest absolute Gasteiger partial charge is 0.407 e. The molecule has 0 bridgehead atoms. The van der Waals surface area contributed by atoms with Crippen LogP contribution in [-0.2, 0) is 0 Å². The lowest BCUT2D eigenvalue weighted by atomic mass is 10.00. The highest BCUT2D eigenvalue weighted by Gasteiger charge is 2.26. The third-order valence-corrected chi connectivity index (χ3v) is 6.57. The summed E-state index contributed by atoms with van der Waals surface area (Å²) >= 11 is 4.92. The number of anilines is 1. The lowest BCUT2D eigenvalue weighted by molar-refractivity contribution is -0.387. The molecule has 1 aliphatic rings. The number of hydrogen-bond acceptors (Lipinski definition) is 6. The van der Waals surface area contributed by atoms with Crippen molar-refractivity contribution >= 4 is 44.7 Å². The molecular formula is C20H16BrFN4O4S. The van der Waals surface area contributed by atoms with Crippen molar-refractivity contribution in [1.29, 1.82) is 0 Å². The fraction of sp³-hybridized carbons (Fsp3) is 0.200. The first-order valence-electron chi connectivity index (χ1n) is 9.26. The number of nitro benzene ring substituents is 1. The van der Waals surface area contributed by atoms with Gasteiger partial charge in [0.05, 0.1) is 4.92 Å². The maximum absolute atomic E-state index is 14.9. The van der Waals surface area contributed by atoms with Crippen molar-refractivity contribution in [2.24, 2.45) is 0 Å². The Morgan fingerprint density at radius 2 is 1.94 bits per heavy atom. The minimum atomic E-state index is -0.947. The van der Waals surface area contributed by atoms with E-state index in [1.54, 1.807) is 12.3 Å². The lowest BCUT2D eigenvalue weighted by Gasteiger charge is -2.35.